The molecule has 0 N–H and O–H groups in total. The smallest absolute Gasteiger partial charge is 0.376 e. The highest BCUT2D eigenvalue weighted by Crippen LogP contribution is 2.07. The fourth-order valence-electron chi connectivity index (χ4n) is 1.63. The van der Waals surface area contributed by atoms with Gasteiger partial charge in [0.1, 0.15) is 5.82 Å². The Morgan fingerprint density at radius 3 is 2.83 bits per heavy atom. The highest BCUT2D eigenvalue weighted by atomic mass is 16.5. The van der Waals surface area contributed by atoms with E-state index in [1.54, 1.807) is 23.1 Å². The number of carbonyl (C=O) groups excluding carboxylic acids is 1. The fraction of sp³-hybridized carbons (Fsp3) is 0.455. The lowest BCUT2D eigenvalue weighted by Gasteiger charge is -2.05. The van der Waals surface area contributed by atoms with Crippen molar-refractivity contribution in [1.82, 2.24) is 24.5 Å². The molecule has 0 radical (unpaired) electrons. The first-order chi connectivity index (χ1) is 8.61. The first-order valence-corrected chi connectivity index (χ1v) is 5.67. The summed E-state index contributed by atoms with van der Waals surface area (Å²) >= 11 is 0. The van der Waals surface area contributed by atoms with Crippen molar-refractivity contribution in [2.45, 2.75) is 20.4 Å². The van der Waals surface area contributed by atoms with Crippen LogP contribution in [0.25, 0.3) is 0 Å². The second-order valence-electron chi connectivity index (χ2n) is 3.86. The van der Waals surface area contributed by atoms with Crippen molar-refractivity contribution in [3.8, 4) is 0 Å². The number of carbonyl (C=O) groups is 1. The molecule has 2 heterocycles. The van der Waals surface area contributed by atoms with Crippen molar-refractivity contribution in [2.75, 3.05) is 6.61 Å². The van der Waals surface area contributed by atoms with Crippen molar-refractivity contribution >= 4 is 5.97 Å². The van der Waals surface area contributed by atoms with Crippen molar-refractivity contribution in [3.63, 3.8) is 0 Å². The molecule has 0 aliphatic rings. The molecule has 7 heteroatoms. The lowest BCUT2D eigenvalue weighted by molar-refractivity contribution is 0.0506. The van der Waals surface area contributed by atoms with Gasteiger partial charge < -0.3 is 4.74 Å². The summed E-state index contributed by atoms with van der Waals surface area (Å²) in [4.78, 5) is 11.7. The van der Waals surface area contributed by atoms with Crippen LogP contribution in [-0.2, 0) is 18.3 Å². The SMILES string of the molecule is CCOC(=O)c1nnc(C)n1Cc1ccn(C)n1. The van der Waals surface area contributed by atoms with E-state index in [0.717, 1.165) is 5.69 Å². The van der Waals surface area contributed by atoms with E-state index in [1.807, 2.05) is 19.3 Å². The van der Waals surface area contributed by atoms with Crippen LogP contribution in [0.3, 0.4) is 0 Å². The Hall–Kier alpha value is -2.18. The number of aryl methyl sites for hydroxylation is 2. The first-order valence-electron chi connectivity index (χ1n) is 5.67. The molecular formula is C11H15N5O2. The predicted octanol–water partition coefficient (Wildman–Crippen LogP) is 0.545. The number of hydrogen-bond donors (Lipinski definition) is 0. The average Bonchev–Trinajstić information content (AvgIpc) is 2.88. The summed E-state index contributed by atoms with van der Waals surface area (Å²) in [7, 11) is 1.84. The quantitative estimate of drug-likeness (QED) is 0.739. The molecule has 0 bridgehead atoms. The van der Waals surface area contributed by atoms with Gasteiger partial charge in [0, 0.05) is 13.2 Å². The molecule has 0 atom stereocenters. The Morgan fingerprint density at radius 1 is 1.44 bits per heavy atom. The molecule has 18 heavy (non-hydrogen) atoms. The molecule has 0 amide bonds. The molecule has 2 rings (SSSR count). The van der Waals surface area contributed by atoms with Crippen molar-refractivity contribution in [3.05, 3.63) is 29.6 Å². The van der Waals surface area contributed by atoms with Crippen LogP contribution in [0, 0.1) is 6.92 Å². The molecule has 0 unspecified atom stereocenters. The van der Waals surface area contributed by atoms with E-state index in [1.165, 1.54) is 0 Å². The minimum Gasteiger partial charge on any atom is -0.460 e. The lowest BCUT2D eigenvalue weighted by atomic mass is 10.4. The van der Waals surface area contributed by atoms with Gasteiger partial charge in [-0.3, -0.25) is 9.25 Å². The van der Waals surface area contributed by atoms with Gasteiger partial charge in [0.05, 0.1) is 18.8 Å². The molecular weight excluding hydrogens is 234 g/mol. The van der Waals surface area contributed by atoms with Gasteiger partial charge in [-0.15, -0.1) is 10.2 Å². The Bertz CT molecular complexity index is 558. The Balaban J connectivity index is 2.26. The zero-order valence-electron chi connectivity index (χ0n) is 10.6. The molecule has 0 aromatic carbocycles. The van der Waals surface area contributed by atoms with Crippen molar-refractivity contribution in [1.29, 1.82) is 0 Å². The van der Waals surface area contributed by atoms with Crippen molar-refractivity contribution in [2.24, 2.45) is 7.05 Å². The normalized spacial score (nSPS) is 10.6. The molecule has 7 nitrogen and oxygen atoms in total. The molecule has 2 aromatic heterocycles. The molecule has 0 aliphatic heterocycles. The van der Waals surface area contributed by atoms with Gasteiger partial charge in [-0.1, -0.05) is 0 Å². The number of nitrogens with zero attached hydrogens (tertiary/aromatic N) is 5. The Kier molecular flexibility index (Phi) is 3.40. The second-order valence-corrected chi connectivity index (χ2v) is 3.86. The topological polar surface area (TPSA) is 74.8 Å². The number of esters is 1. The lowest BCUT2D eigenvalue weighted by Crippen LogP contribution is -2.15. The van der Waals surface area contributed by atoms with Crippen LogP contribution < -0.4 is 0 Å². The summed E-state index contributed by atoms with van der Waals surface area (Å²) in [6, 6.07) is 1.88. The Labute approximate surface area is 104 Å². The summed E-state index contributed by atoms with van der Waals surface area (Å²) in [5.41, 5.74) is 0.839. The summed E-state index contributed by atoms with van der Waals surface area (Å²) < 4.78 is 8.34. The Morgan fingerprint density at radius 2 is 2.22 bits per heavy atom. The number of aromatic nitrogens is 5. The van der Waals surface area contributed by atoms with E-state index >= 15 is 0 Å². The molecule has 0 fully saturated rings. The fourth-order valence-corrected chi connectivity index (χ4v) is 1.63. The summed E-state index contributed by atoms with van der Waals surface area (Å²) in [5, 5.41) is 12.0. The predicted molar refractivity (Wildman–Crippen MR) is 63.0 cm³/mol. The largest absolute Gasteiger partial charge is 0.460 e. The molecule has 0 saturated carbocycles. The third kappa shape index (κ3) is 2.39. The van der Waals surface area contributed by atoms with Gasteiger partial charge in [0.15, 0.2) is 0 Å². The third-order valence-electron chi connectivity index (χ3n) is 2.48. The minimum absolute atomic E-state index is 0.208. The maximum atomic E-state index is 11.7. The maximum absolute atomic E-state index is 11.7. The van der Waals surface area contributed by atoms with Crippen LogP contribution in [0.1, 0.15) is 29.1 Å². The molecule has 2 aromatic rings. The number of ether oxygens (including phenoxy) is 1. The van der Waals surface area contributed by atoms with E-state index in [0.29, 0.717) is 19.0 Å². The summed E-state index contributed by atoms with van der Waals surface area (Å²) in [6.45, 7) is 4.31. The van der Waals surface area contributed by atoms with Gasteiger partial charge in [-0.05, 0) is 19.9 Å². The number of rotatable bonds is 4. The van der Waals surface area contributed by atoms with Crippen LogP contribution in [-0.4, -0.2) is 37.1 Å². The van der Waals surface area contributed by atoms with E-state index in [9.17, 15) is 4.79 Å². The average molecular weight is 249 g/mol. The third-order valence-corrected chi connectivity index (χ3v) is 2.48. The van der Waals surface area contributed by atoms with Crippen LogP contribution in [0.2, 0.25) is 0 Å². The van der Waals surface area contributed by atoms with Gasteiger partial charge >= 0.3 is 5.97 Å². The molecule has 96 valence electrons. The second kappa shape index (κ2) is 4.99. The van der Waals surface area contributed by atoms with Gasteiger partial charge in [0.25, 0.3) is 0 Å². The van der Waals surface area contributed by atoms with Gasteiger partial charge in [-0.25, -0.2) is 4.79 Å². The molecule has 0 spiro atoms. The number of hydrogen-bond acceptors (Lipinski definition) is 5. The van der Waals surface area contributed by atoms with Crippen LogP contribution in [0.15, 0.2) is 12.3 Å². The highest BCUT2D eigenvalue weighted by Gasteiger charge is 2.18. The van der Waals surface area contributed by atoms with Crippen LogP contribution in [0.5, 0.6) is 0 Å². The zero-order valence-corrected chi connectivity index (χ0v) is 10.6. The first kappa shape index (κ1) is 12.3. The van der Waals surface area contributed by atoms with E-state index < -0.39 is 5.97 Å². The molecule has 0 aliphatic carbocycles. The van der Waals surface area contributed by atoms with Crippen LogP contribution >= 0.6 is 0 Å². The van der Waals surface area contributed by atoms with Gasteiger partial charge in [-0.2, -0.15) is 5.10 Å². The van der Waals surface area contributed by atoms with Crippen LogP contribution in [0.4, 0.5) is 0 Å². The van der Waals surface area contributed by atoms with E-state index in [4.69, 9.17) is 4.74 Å². The monoisotopic (exact) mass is 249 g/mol. The van der Waals surface area contributed by atoms with E-state index in [-0.39, 0.29) is 5.82 Å². The summed E-state index contributed by atoms with van der Waals surface area (Å²) in [5.74, 6) is 0.401. The standard InChI is InChI=1S/C11H15N5O2/c1-4-18-11(17)10-13-12-8(2)16(10)7-9-5-6-15(3)14-9/h5-6H,4,7H2,1-3H3. The highest BCUT2D eigenvalue weighted by molar-refractivity contribution is 5.85. The maximum Gasteiger partial charge on any atom is 0.376 e. The van der Waals surface area contributed by atoms with Gasteiger partial charge in [0.2, 0.25) is 5.82 Å². The summed E-state index contributed by atoms with van der Waals surface area (Å²) in [6.07, 6.45) is 1.85. The van der Waals surface area contributed by atoms with Crippen molar-refractivity contribution < 1.29 is 9.53 Å². The zero-order chi connectivity index (χ0) is 13.1. The van der Waals surface area contributed by atoms with E-state index in [2.05, 4.69) is 15.3 Å². The molecule has 0 saturated heterocycles. The minimum atomic E-state index is -0.464.